The first kappa shape index (κ1) is 5.99. The molecular formula is C5H5Cl2N. The molecule has 0 spiro atoms. The molecule has 0 aromatic carbocycles. The van der Waals surface area contributed by atoms with Gasteiger partial charge in [-0.2, -0.15) is 0 Å². The van der Waals surface area contributed by atoms with Crippen molar-refractivity contribution < 1.29 is 0 Å². The lowest BCUT2D eigenvalue weighted by molar-refractivity contribution is 0.899. The number of rotatable bonds is 0. The minimum absolute atomic E-state index is 0.146. The van der Waals surface area contributed by atoms with Crippen molar-refractivity contribution >= 4 is 23.2 Å². The zero-order chi connectivity index (χ0) is 5.98. The van der Waals surface area contributed by atoms with Crippen LogP contribution in [0.4, 0.5) is 0 Å². The fourth-order valence-electron chi connectivity index (χ4n) is 0.463. The van der Waals surface area contributed by atoms with Gasteiger partial charge in [-0.15, -0.1) is 0 Å². The number of hydrogen-bond donors (Lipinski definition) is 1. The van der Waals surface area contributed by atoms with Crippen molar-refractivity contribution in [1.29, 1.82) is 0 Å². The van der Waals surface area contributed by atoms with Crippen LogP contribution in [0.1, 0.15) is 0 Å². The fraction of sp³-hybridized carbons (Fsp3) is 0.200. The lowest BCUT2D eigenvalue weighted by atomic mass is 10.4. The molecule has 8 heavy (non-hydrogen) atoms. The highest BCUT2D eigenvalue weighted by atomic mass is 35.5. The summed E-state index contributed by atoms with van der Waals surface area (Å²) in [6, 6.07) is 0. The van der Waals surface area contributed by atoms with Crippen molar-refractivity contribution in [3.8, 4) is 0 Å². The van der Waals surface area contributed by atoms with E-state index in [1.165, 1.54) is 0 Å². The Morgan fingerprint density at radius 1 is 1.62 bits per heavy atom. The molecule has 44 valence electrons. The second kappa shape index (κ2) is 2.42. The zero-order valence-electron chi connectivity index (χ0n) is 4.07. The Hall–Kier alpha value is -0.140. The average molecular weight is 150 g/mol. The van der Waals surface area contributed by atoms with Crippen LogP contribution < -0.4 is 5.32 Å². The Labute approximate surface area is 58.0 Å². The Morgan fingerprint density at radius 3 is 2.75 bits per heavy atom. The number of nitrogens with one attached hydrogen (secondary N) is 1. The van der Waals surface area contributed by atoms with Crippen molar-refractivity contribution in [1.82, 2.24) is 5.32 Å². The Morgan fingerprint density at radius 2 is 2.38 bits per heavy atom. The van der Waals surface area contributed by atoms with Crippen molar-refractivity contribution in [3.05, 3.63) is 23.4 Å². The predicted molar refractivity (Wildman–Crippen MR) is 35.9 cm³/mol. The van der Waals surface area contributed by atoms with Crippen molar-refractivity contribution in [2.75, 3.05) is 0 Å². The summed E-state index contributed by atoms with van der Waals surface area (Å²) in [5.41, 5.74) is -0.146. The van der Waals surface area contributed by atoms with E-state index >= 15 is 0 Å². The summed E-state index contributed by atoms with van der Waals surface area (Å²) in [7, 11) is 0. The molecule has 1 N–H and O–H groups in total. The number of halogens is 2. The SMILES string of the molecule is ClC1=CC(Cl)NC=C1. The van der Waals surface area contributed by atoms with E-state index in [-0.39, 0.29) is 5.50 Å². The third-order valence-electron chi connectivity index (χ3n) is 0.804. The first-order valence-corrected chi connectivity index (χ1v) is 3.04. The van der Waals surface area contributed by atoms with Gasteiger partial charge in [0.2, 0.25) is 0 Å². The van der Waals surface area contributed by atoms with Crippen molar-refractivity contribution in [3.63, 3.8) is 0 Å². The van der Waals surface area contributed by atoms with Gasteiger partial charge in [0.15, 0.2) is 0 Å². The topological polar surface area (TPSA) is 12.0 Å². The zero-order valence-corrected chi connectivity index (χ0v) is 5.58. The van der Waals surface area contributed by atoms with E-state index < -0.39 is 0 Å². The molecule has 1 aliphatic rings. The van der Waals surface area contributed by atoms with Gasteiger partial charge in [0.05, 0.1) is 0 Å². The van der Waals surface area contributed by atoms with Gasteiger partial charge < -0.3 is 5.32 Å². The molecule has 1 unspecified atom stereocenters. The summed E-state index contributed by atoms with van der Waals surface area (Å²) in [5.74, 6) is 0. The summed E-state index contributed by atoms with van der Waals surface area (Å²) in [6.07, 6.45) is 5.20. The first-order chi connectivity index (χ1) is 3.79. The van der Waals surface area contributed by atoms with Crippen molar-refractivity contribution in [2.24, 2.45) is 0 Å². The van der Waals surface area contributed by atoms with Gasteiger partial charge in [0, 0.05) is 5.03 Å². The van der Waals surface area contributed by atoms with E-state index in [2.05, 4.69) is 5.32 Å². The van der Waals surface area contributed by atoms with Gasteiger partial charge in [0.1, 0.15) is 5.50 Å². The number of dihydropyridines is 1. The van der Waals surface area contributed by atoms with E-state index in [1.807, 2.05) is 0 Å². The van der Waals surface area contributed by atoms with Gasteiger partial charge in [-0.05, 0) is 18.4 Å². The number of alkyl halides is 1. The van der Waals surface area contributed by atoms with E-state index in [0.717, 1.165) is 0 Å². The van der Waals surface area contributed by atoms with Gasteiger partial charge in [-0.1, -0.05) is 23.2 Å². The Kier molecular flexibility index (Phi) is 1.81. The van der Waals surface area contributed by atoms with Gasteiger partial charge in [-0.25, -0.2) is 0 Å². The molecule has 0 radical (unpaired) electrons. The predicted octanol–water partition coefficient (Wildman–Crippen LogP) is 1.79. The third kappa shape index (κ3) is 1.42. The summed E-state index contributed by atoms with van der Waals surface area (Å²) in [5, 5.41) is 3.52. The molecule has 0 saturated carbocycles. The van der Waals surface area contributed by atoms with Crippen LogP contribution in [0.25, 0.3) is 0 Å². The van der Waals surface area contributed by atoms with Crippen LogP contribution in [0.15, 0.2) is 23.4 Å². The molecule has 1 heterocycles. The van der Waals surface area contributed by atoms with Gasteiger partial charge in [0.25, 0.3) is 0 Å². The fourth-order valence-corrected chi connectivity index (χ4v) is 0.925. The molecule has 1 nitrogen and oxygen atoms in total. The molecule has 1 rings (SSSR count). The summed E-state index contributed by atoms with van der Waals surface area (Å²) >= 11 is 11.1. The summed E-state index contributed by atoms with van der Waals surface area (Å²) < 4.78 is 0. The molecule has 0 aromatic rings. The summed E-state index contributed by atoms with van der Waals surface area (Å²) in [6.45, 7) is 0. The van der Waals surface area contributed by atoms with E-state index in [4.69, 9.17) is 23.2 Å². The van der Waals surface area contributed by atoms with E-state index in [0.29, 0.717) is 5.03 Å². The van der Waals surface area contributed by atoms with Crippen LogP contribution in [0.2, 0.25) is 0 Å². The largest absolute Gasteiger partial charge is 0.372 e. The lowest BCUT2D eigenvalue weighted by Crippen LogP contribution is -2.17. The third-order valence-corrected chi connectivity index (χ3v) is 1.31. The molecule has 0 aromatic heterocycles. The maximum Gasteiger partial charge on any atom is 0.121 e. The van der Waals surface area contributed by atoms with Crippen LogP contribution in [0.5, 0.6) is 0 Å². The molecular weight excluding hydrogens is 145 g/mol. The molecule has 0 amide bonds. The highest BCUT2D eigenvalue weighted by molar-refractivity contribution is 6.32. The molecule has 3 heteroatoms. The van der Waals surface area contributed by atoms with Crippen LogP contribution in [0.3, 0.4) is 0 Å². The standard InChI is InChI=1S/C5H5Cl2N/c6-4-1-2-8-5(7)3-4/h1-3,5,8H. The molecule has 0 saturated heterocycles. The molecule has 1 atom stereocenters. The highest BCUT2D eigenvalue weighted by Crippen LogP contribution is 2.10. The molecule has 1 aliphatic heterocycles. The van der Waals surface area contributed by atoms with E-state index in [9.17, 15) is 0 Å². The maximum absolute atomic E-state index is 5.59. The van der Waals surface area contributed by atoms with Gasteiger partial charge >= 0.3 is 0 Å². The normalized spacial score (nSPS) is 26.8. The quantitative estimate of drug-likeness (QED) is 0.410. The Bertz CT molecular complexity index is 139. The average Bonchev–Trinajstić information content (AvgIpc) is 1.64. The van der Waals surface area contributed by atoms with Crippen molar-refractivity contribution in [2.45, 2.75) is 5.50 Å². The van der Waals surface area contributed by atoms with E-state index in [1.54, 1.807) is 18.4 Å². The maximum atomic E-state index is 5.59. The van der Waals surface area contributed by atoms with Gasteiger partial charge in [-0.3, -0.25) is 0 Å². The second-order valence-corrected chi connectivity index (χ2v) is 2.36. The minimum Gasteiger partial charge on any atom is -0.372 e. The Balaban J connectivity index is 2.63. The minimum atomic E-state index is -0.146. The van der Waals surface area contributed by atoms with Crippen LogP contribution in [-0.4, -0.2) is 5.50 Å². The highest BCUT2D eigenvalue weighted by Gasteiger charge is 2.00. The first-order valence-electron chi connectivity index (χ1n) is 2.23. The second-order valence-electron chi connectivity index (χ2n) is 1.45. The smallest absolute Gasteiger partial charge is 0.121 e. The van der Waals surface area contributed by atoms with Crippen LogP contribution >= 0.6 is 23.2 Å². The lowest BCUT2D eigenvalue weighted by Gasteiger charge is -2.07. The number of allylic oxidation sites excluding steroid dienone is 2. The van der Waals surface area contributed by atoms with Crippen LogP contribution in [-0.2, 0) is 0 Å². The molecule has 0 fully saturated rings. The van der Waals surface area contributed by atoms with Crippen LogP contribution in [0, 0.1) is 0 Å². The molecule has 0 bridgehead atoms. The molecule has 0 aliphatic carbocycles. The summed E-state index contributed by atoms with van der Waals surface area (Å²) in [4.78, 5) is 0. The number of hydrogen-bond acceptors (Lipinski definition) is 1. The monoisotopic (exact) mass is 149 g/mol.